The van der Waals surface area contributed by atoms with E-state index in [1.165, 1.54) is 0 Å². The average Bonchev–Trinajstić information content (AvgIpc) is 2.67. The molecule has 1 N–H and O–H groups in total. The highest BCUT2D eigenvalue weighted by Crippen LogP contribution is 2.46. The van der Waals surface area contributed by atoms with E-state index < -0.39 is 0 Å². The molecular formula is C22H25NO4. The van der Waals surface area contributed by atoms with Crippen molar-refractivity contribution in [3.05, 3.63) is 46.3 Å². The molecule has 0 saturated carbocycles. The number of benzene rings is 1. The molecule has 1 aromatic carbocycles. The van der Waals surface area contributed by atoms with E-state index in [-0.39, 0.29) is 17.5 Å². The van der Waals surface area contributed by atoms with Gasteiger partial charge in [-0.05, 0) is 50.3 Å². The molecule has 2 aliphatic carbocycles. The first-order valence-electron chi connectivity index (χ1n) is 9.74. The SMILES string of the molecule is CCOc1ccc(C2C3=C(CCCC3=O)NC3=C2C(=O)CCC3)cc1OC. The van der Waals surface area contributed by atoms with Crippen molar-refractivity contribution in [3.8, 4) is 11.5 Å². The predicted molar refractivity (Wildman–Crippen MR) is 102 cm³/mol. The molecule has 1 aliphatic heterocycles. The number of ether oxygens (including phenoxy) is 2. The molecule has 0 saturated heterocycles. The zero-order valence-electron chi connectivity index (χ0n) is 15.9. The van der Waals surface area contributed by atoms with Gasteiger partial charge in [0, 0.05) is 41.3 Å². The van der Waals surface area contributed by atoms with E-state index in [0.717, 1.165) is 53.8 Å². The van der Waals surface area contributed by atoms with E-state index >= 15 is 0 Å². The van der Waals surface area contributed by atoms with Crippen LogP contribution in [-0.2, 0) is 9.59 Å². The van der Waals surface area contributed by atoms with Crippen molar-refractivity contribution in [2.45, 2.75) is 51.4 Å². The minimum atomic E-state index is -0.304. The van der Waals surface area contributed by atoms with Crippen molar-refractivity contribution in [1.82, 2.24) is 5.32 Å². The fraction of sp³-hybridized carbons (Fsp3) is 0.455. The van der Waals surface area contributed by atoms with Crippen LogP contribution in [0.4, 0.5) is 0 Å². The van der Waals surface area contributed by atoms with Gasteiger partial charge in [0.05, 0.1) is 13.7 Å². The first-order valence-corrected chi connectivity index (χ1v) is 9.74. The maximum absolute atomic E-state index is 12.8. The maximum Gasteiger partial charge on any atom is 0.161 e. The molecular weight excluding hydrogens is 342 g/mol. The number of ketones is 2. The van der Waals surface area contributed by atoms with Crippen LogP contribution >= 0.6 is 0 Å². The van der Waals surface area contributed by atoms with Gasteiger partial charge in [0.15, 0.2) is 23.1 Å². The van der Waals surface area contributed by atoms with Crippen LogP contribution in [0.1, 0.15) is 56.9 Å². The lowest BCUT2D eigenvalue weighted by atomic mass is 9.71. The number of methoxy groups -OCH3 is 1. The van der Waals surface area contributed by atoms with E-state index in [2.05, 4.69) is 5.32 Å². The number of hydrogen-bond acceptors (Lipinski definition) is 5. The van der Waals surface area contributed by atoms with Gasteiger partial charge in [0.2, 0.25) is 0 Å². The van der Waals surface area contributed by atoms with E-state index in [0.29, 0.717) is 30.9 Å². The van der Waals surface area contributed by atoms with Crippen LogP contribution < -0.4 is 14.8 Å². The zero-order chi connectivity index (χ0) is 19.0. The van der Waals surface area contributed by atoms with Crippen molar-refractivity contribution in [1.29, 1.82) is 0 Å². The Morgan fingerprint density at radius 1 is 0.963 bits per heavy atom. The van der Waals surface area contributed by atoms with Crippen molar-refractivity contribution in [2.75, 3.05) is 13.7 Å². The topological polar surface area (TPSA) is 64.6 Å². The number of rotatable bonds is 4. The first-order chi connectivity index (χ1) is 13.1. The summed E-state index contributed by atoms with van der Waals surface area (Å²) in [6.45, 7) is 2.47. The minimum Gasteiger partial charge on any atom is -0.493 e. The Balaban J connectivity index is 1.87. The summed E-state index contributed by atoms with van der Waals surface area (Å²) in [6.07, 6.45) is 4.53. The van der Waals surface area contributed by atoms with E-state index in [9.17, 15) is 9.59 Å². The van der Waals surface area contributed by atoms with Gasteiger partial charge >= 0.3 is 0 Å². The second-order valence-corrected chi connectivity index (χ2v) is 7.24. The molecule has 0 unspecified atom stereocenters. The van der Waals surface area contributed by atoms with Gasteiger partial charge in [-0.1, -0.05) is 6.07 Å². The highest BCUT2D eigenvalue weighted by molar-refractivity contribution is 6.06. The third-order valence-corrected chi connectivity index (χ3v) is 5.61. The Morgan fingerprint density at radius 3 is 2.15 bits per heavy atom. The summed E-state index contributed by atoms with van der Waals surface area (Å²) in [5.41, 5.74) is 4.44. The van der Waals surface area contributed by atoms with Gasteiger partial charge in [0.25, 0.3) is 0 Å². The Morgan fingerprint density at radius 2 is 1.59 bits per heavy atom. The summed E-state index contributed by atoms with van der Waals surface area (Å²) in [5.74, 6) is 1.29. The number of Topliss-reactive ketones (excluding diaryl/α,β-unsaturated/α-hetero) is 2. The van der Waals surface area contributed by atoms with Crippen molar-refractivity contribution in [2.24, 2.45) is 0 Å². The largest absolute Gasteiger partial charge is 0.493 e. The van der Waals surface area contributed by atoms with Gasteiger partial charge < -0.3 is 14.8 Å². The molecule has 0 spiro atoms. The molecule has 5 nitrogen and oxygen atoms in total. The van der Waals surface area contributed by atoms with Crippen LogP contribution in [0.2, 0.25) is 0 Å². The summed E-state index contributed by atoms with van der Waals surface area (Å²) in [7, 11) is 1.61. The molecule has 0 fully saturated rings. The minimum absolute atomic E-state index is 0.145. The third kappa shape index (κ3) is 3.05. The van der Waals surface area contributed by atoms with Crippen molar-refractivity contribution in [3.63, 3.8) is 0 Å². The van der Waals surface area contributed by atoms with Crippen LogP contribution in [0.5, 0.6) is 11.5 Å². The average molecular weight is 367 g/mol. The monoisotopic (exact) mass is 367 g/mol. The summed E-state index contributed by atoms with van der Waals surface area (Å²) in [6, 6.07) is 5.75. The number of dihydropyridines is 1. The lowest BCUT2D eigenvalue weighted by Gasteiger charge is -2.37. The Kier molecular flexibility index (Phi) is 4.77. The lowest BCUT2D eigenvalue weighted by Crippen LogP contribution is -2.36. The molecule has 0 amide bonds. The zero-order valence-corrected chi connectivity index (χ0v) is 15.9. The summed E-state index contributed by atoms with van der Waals surface area (Å²) < 4.78 is 11.1. The molecule has 4 rings (SSSR count). The van der Waals surface area contributed by atoms with Crippen LogP contribution in [-0.4, -0.2) is 25.3 Å². The molecule has 0 bridgehead atoms. The normalized spacial score (nSPS) is 20.2. The van der Waals surface area contributed by atoms with E-state index in [1.54, 1.807) is 7.11 Å². The number of allylic oxidation sites excluding steroid dienone is 4. The van der Waals surface area contributed by atoms with E-state index in [1.807, 2.05) is 25.1 Å². The van der Waals surface area contributed by atoms with Crippen molar-refractivity contribution < 1.29 is 19.1 Å². The van der Waals surface area contributed by atoms with Crippen LogP contribution in [0.25, 0.3) is 0 Å². The first kappa shape index (κ1) is 17.8. The standard InChI is InChI=1S/C22H25NO4/c1-3-27-18-11-10-13(12-19(18)26-2)20-21-14(6-4-8-16(21)24)23-15-7-5-9-17(25)22(15)20/h10-12,20,23H,3-9H2,1-2H3. The lowest BCUT2D eigenvalue weighted by molar-refractivity contribution is -0.116. The molecule has 27 heavy (non-hydrogen) atoms. The van der Waals surface area contributed by atoms with Crippen LogP contribution in [0.15, 0.2) is 40.7 Å². The molecule has 0 atom stereocenters. The quantitative estimate of drug-likeness (QED) is 0.877. The van der Waals surface area contributed by atoms with Gasteiger partial charge in [0.1, 0.15) is 0 Å². The van der Waals surface area contributed by atoms with Gasteiger partial charge in [-0.25, -0.2) is 0 Å². The molecule has 1 heterocycles. The molecule has 3 aliphatic rings. The Bertz CT molecular complexity index is 823. The van der Waals surface area contributed by atoms with Gasteiger partial charge in [-0.15, -0.1) is 0 Å². The number of nitrogens with one attached hydrogen (secondary N) is 1. The summed E-state index contributed by atoms with van der Waals surface area (Å²) >= 11 is 0. The summed E-state index contributed by atoms with van der Waals surface area (Å²) in [4.78, 5) is 25.7. The fourth-order valence-electron chi connectivity index (χ4n) is 4.46. The Labute approximate surface area is 159 Å². The predicted octanol–water partition coefficient (Wildman–Crippen LogP) is 3.79. The molecule has 142 valence electrons. The number of hydrogen-bond donors (Lipinski definition) is 1. The van der Waals surface area contributed by atoms with Gasteiger partial charge in [-0.2, -0.15) is 0 Å². The summed E-state index contributed by atoms with van der Waals surface area (Å²) in [5, 5.41) is 3.44. The smallest absolute Gasteiger partial charge is 0.161 e. The van der Waals surface area contributed by atoms with Gasteiger partial charge in [-0.3, -0.25) is 9.59 Å². The third-order valence-electron chi connectivity index (χ3n) is 5.61. The van der Waals surface area contributed by atoms with Crippen LogP contribution in [0.3, 0.4) is 0 Å². The second-order valence-electron chi connectivity index (χ2n) is 7.24. The molecule has 0 radical (unpaired) electrons. The van der Waals surface area contributed by atoms with E-state index in [4.69, 9.17) is 9.47 Å². The molecule has 1 aromatic rings. The highest BCUT2D eigenvalue weighted by atomic mass is 16.5. The number of carbonyl (C=O) groups excluding carboxylic acids is 2. The second kappa shape index (κ2) is 7.22. The maximum atomic E-state index is 12.8. The number of carbonyl (C=O) groups is 2. The molecule has 5 heteroatoms. The van der Waals surface area contributed by atoms with Crippen LogP contribution in [0, 0.1) is 0 Å². The molecule has 0 aromatic heterocycles. The fourth-order valence-corrected chi connectivity index (χ4v) is 4.46. The Hall–Kier alpha value is -2.56. The highest BCUT2D eigenvalue weighted by Gasteiger charge is 2.40. The van der Waals surface area contributed by atoms with Crippen molar-refractivity contribution >= 4 is 11.6 Å².